The maximum Gasteiger partial charge on any atom is 0.256 e. The zero-order chi connectivity index (χ0) is 18.5. The van der Waals surface area contributed by atoms with Gasteiger partial charge in [-0.15, -0.1) is 0 Å². The van der Waals surface area contributed by atoms with E-state index in [1.165, 1.54) is 12.1 Å². The van der Waals surface area contributed by atoms with Crippen LogP contribution in [0.1, 0.15) is 32.7 Å². The summed E-state index contributed by atoms with van der Waals surface area (Å²) < 4.78 is 13.9. The summed E-state index contributed by atoms with van der Waals surface area (Å²) in [5.74, 6) is -1.06. The number of benzene rings is 2. The summed E-state index contributed by atoms with van der Waals surface area (Å²) in [4.78, 5) is 28.5. The SMILES string of the molecule is N#Cc1cccc(C(=O)N2CCCN(C(=O)c3ccccc3F)CC2)c1. The van der Waals surface area contributed by atoms with Crippen LogP contribution in [-0.4, -0.2) is 47.8 Å². The quantitative estimate of drug-likeness (QED) is 0.836. The van der Waals surface area contributed by atoms with E-state index in [0.29, 0.717) is 43.7 Å². The summed E-state index contributed by atoms with van der Waals surface area (Å²) in [5.41, 5.74) is 0.939. The molecule has 1 fully saturated rings. The van der Waals surface area contributed by atoms with Crippen LogP contribution in [-0.2, 0) is 0 Å². The summed E-state index contributed by atoms with van der Waals surface area (Å²) >= 11 is 0. The average Bonchev–Trinajstić information content (AvgIpc) is 2.93. The fraction of sp³-hybridized carbons (Fsp3) is 0.250. The Morgan fingerprint density at radius 1 is 0.923 bits per heavy atom. The first kappa shape index (κ1) is 17.6. The number of nitriles is 1. The van der Waals surface area contributed by atoms with Crippen LogP contribution in [0.4, 0.5) is 4.39 Å². The zero-order valence-electron chi connectivity index (χ0n) is 14.2. The molecule has 1 aliphatic heterocycles. The van der Waals surface area contributed by atoms with Crippen molar-refractivity contribution in [2.24, 2.45) is 0 Å². The highest BCUT2D eigenvalue weighted by Crippen LogP contribution is 2.15. The van der Waals surface area contributed by atoms with Gasteiger partial charge in [0.1, 0.15) is 5.82 Å². The molecule has 5 nitrogen and oxygen atoms in total. The molecule has 0 atom stereocenters. The van der Waals surface area contributed by atoms with E-state index in [2.05, 4.69) is 0 Å². The standard InChI is InChI=1S/C20H18FN3O2/c21-18-8-2-1-7-17(18)20(26)24-10-4-9-23(11-12-24)19(25)16-6-3-5-15(13-16)14-22/h1-3,5-8,13H,4,9-12H2. The van der Waals surface area contributed by atoms with Gasteiger partial charge in [0.15, 0.2) is 0 Å². The molecule has 2 aromatic rings. The van der Waals surface area contributed by atoms with Gasteiger partial charge in [0.05, 0.1) is 17.2 Å². The van der Waals surface area contributed by atoms with Gasteiger partial charge in [-0.2, -0.15) is 5.26 Å². The minimum Gasteiger partial charge on any atom is -0.337 e. The third kappa shape index (κ3) is 3.72. The van der Waals surface area contributed by atoms with Crippen molar-refractivity contribution < 1.29 is 14.0 Å². The highest BCUT2D eigenvalue weighted by atomic mass is 19.1. The van der Waals surface area contributed by atoms with Gasteiger partial charge in [0.25, 0.3) is 11.8 Å². The molecule has 1 heterocycles. The Morgan fingerprint density at radius 3 is 2.31 bits per heavy atom. The smallest absolute Gasteiger partial charge is 0.256 e. The van der Waals surface area contributed by atoms with Gasteiger partial charge in [0.2, 0.25) is 0 Å². The average molecular weight is 351 g/mol. The molecule has 132 valence electrons. The molecule has 3 rings (SSSR count). The van der Waals surface area contributed by atoms with E-state index in [1.54, 1.807) is 46.2 Å². The van der Waals surface area contributed by atoms with Crippen molar-refractivity contribution in [2.75, 3.05) is 26.2 Å². The molecule has 0 unspecified atom stereocenters. The van der Waals surface area contributed by atoms with E-state index in [1.807, 2.05) is 6.07 Å². The number of carbonyl (C=O) groups excluding carboxylic acids is 2. The van der Waals surface area contributed by atoms with Crippen LogP contribution in [0, 0.1) is 17.1 Å². The zero-order valence-corrected chi connectivity index (χ0v) is 14.2. The number of rotatable bonds is 2. The molecule has 2 amide bonds. The van der Waals surface area contributed by atoms with Crippen molar-refractivity contribution in [2.45, 2.75) is 6.42 Å². The van der Waals surface area contributed by atoms with Crippen LogP contribution >= 0.6 is 0 Å². The molecule has 0 spiro atoms. The molecule has 2 aromatic carbocycles. The largest absolute Gasteiger partial charge is 0.337 e. The van der Waals surface area contributed by atoms with Gasteiger partial charge in [-0.1, -0.05) is 18.2 Å². The Morgan fingerprint density at radius 2 is 1.62 bits per heavy atom. The highest BCUT2D eigenvalue weighted by Gasteiger charge is 2.24. The number of amides is 2. The first-order valence-electron chi connectivity index (χ1n) is 8.43. The topological polar surface area (TPSA) is 64.4 Å². The fourth-order valence-electron chi connectivity index (χ4n) is 3.03. The molecule has 6 heteroatoms. The third-order valence-corrected chi connectivity index (χ3v) is 4.41. The number of hydrogen-bond acceptors (Lipinski definition) is 3. The summed E-state index contributed by atoms with van der Waals surface area (Å²) in [6.45, 7) is 1.69. The van der Waals surface area contributed by atoms with E-state index >= 15 is 0 Å². The minimum atomic E-state index is -0.539. The molecule has 0 radical (unpaired) electrons. The van der Waals surface area contributed by atoms with E-state index in [-0.39, 0.29) is 17.4 Å². The molecule has 1 saturated heterocycles. The monoisotopic (exact) mass is 351 g/mol. The molecule has 1 aliphatic rings. The summed E-state index contributed by atoms with van der Waals surface area (Å²) in [6, 6.07) is 14.5. The molecule has 0 aliphatic carbocycles. The molecule has 0 bridgehead atoms. The van der Waals surface area contributed by atoms with E-state index in [0.717, 1.165) is 0 Å². The maximum absolute atomic E-state index is 13.9. The Hall–Kier alpha value is -3.20. The molecular weight excluding hydrogens is 333 g/mol. The van der Waals surface area contributed by atoms with Gasteiger partial charge in [-0.25, -0.2) is 4.39 Å². The van der Waals surface area contributed by atoms with E-state index < -0.39 is 5.82 Å². The van der Waals surface area contributed by atoms with Gasteiger partial charge in [0, 0.05) is 31.7 Å². The Bertz CT molecular complexity index is 875. The van der Waals surface area contributed by atoms with Crippen LogP contribution in [0.25, 0.3) is 0 Å². The van der Waals surface area contributed by atoms with Crippen LogP contribution in [0.15, 0.2) is 48.5 Å². The predicted molar refractivity (Wildman–Crippen MR) is 94.0 cm³/mol. The Balaban J connectivity index is 1.70. The van der Waals surface area contributed by atoms with Crippen molar-refractivity contribution in [3.05, 3.63) is 71.0 Å². The highest BCUT2D eigenvalue weighted by molar-refractivity contribution is 5.95. The lowest BCUT2D eigenvalue weighted by Crippen LogP contribution is -2.37. The van der Waals surface area contributed by atoms with Crippen LogP contribution in [0.2, 0.25) is 0 Å². The molecule has 26 heavy (non-hydrogen) atoms. The van der Waals surface area contributed by atoms with Crippen molar-refractivity contribution in [3.63, 3.8) is 0 Å². The fourth-order valence-corrected chi connectivity index (χ4v) is 3.03. The molecule has 0 N–H and O–H groups in total. The second-order valence-corrected chi connectivity index (χ2v) is 6.11. The number of halogens is 1. The first-order valence-corrected chi connectivity index (χ1v) is 8.43. The first-order chi connectivity index (χ1) is 12.6. The lowest BCUT2D eigenvalue weighted by atomic mass is 10.1. The van der Waals surface area contributed by atoms with Crippen LogP contribution in [0.5, 0.6) is 0 Å². The normalized spacial score (nSPS) is 14.5. The second-order valence-electron chi connectivity index (χ2n) is 6.11. The Labute approximate surface area is 151 Å². The minimum absolute atomic E-state index is 0.0500. The van der Waals surface area contributed by atoms with Gasteiger partial charge >= 0.3 is 0 Å². The van der Waals surface area contributed by atoms with Crippen molar-refractivity contribution in [3.8, 4) is 6.07 Å². The maximum atomic E-state index is 13.9. The van der Waals surface area contributed by atoms with Crippen molar-refractivity contribution >= 4 is 11.8 Å². The van der Waals surface area contributed by atoms with E-state index in [4.69, 9.17) is 5.26 Å². The summed E-state index contributed by atoms with van der Waals surface area (Å²) in [7, 11) is 0. The van der Waals surface area contributed by atoms with Crippen molar-refractivity contribution in [1.82, 2.24) is 9.80 Å². The van der Waals surface area contributed by atoms with Gasteiger partial charge in [-0.05, 0) is 36.8 Å². The lowest BCUT2D eigenvalue weighted by molar-refractivity contribution is 0.0716. The predicted octanol–water partition coefficient (Wildman–Crippen LogP) is 2.69. The van der Waals surface area contributed by atoms with Crippen LogP contribution in [0.3, 0.4) is 0 Å². The van der Waals surface area contributed by atoms with Gasteiger partial charge < -0.3 is 9.80 Å². The second kappa shape index (κ2) is 7.79. The van der Waals surface area contributed by atoms with Crippen LogP contribution < -0.4 is 0 Å². The molecule has 0 aromatic heterocycles. The lowest BCUT2D eigenvalue weighted by Gasteiger charge is -2.22. The number of nitrogens with zero attached hydrogens (tertiary/aromatic N) is 3. The third-order valence-electron chi connectivity index (χ3n) is 4.41. The van der Waals surface area contributed by atoms with Crippen molar-refractivity contribution in [1.29, 1.82) is 5.26 Å². The van der Waals surface area contributed by atoms with Gasteiger partial charge in [-0.3, -0.25) is 9.59 Å². The molecule has 0 saturated carbocycles. The van der Waals surface area contributed by atoms with E-state index in [9.17, 15) is 14.0 Å². The summed E-state index contributed by atoms with van der Waals surface area (Å²) in [5, 5.41) is 8.98. The number of hydrogen-bond donors (Lipinski definition) is 0. The number of carbonyl (C=O) groups is 2. The molecular formula is C20H18FN3O2. The Kier molecular flexibility index (Phi) is 5.28. The summed E-state index contributed by atoms with van der Waals surface area (Å²) in [6.07, 6.45) is 0.615.